The molecule has 0 aliphatic heterocycles. The Bertz CT molecular complexity index is 564. The summed E-state index contributed by atoms with van der Waals surface area (Å²) in [5, 5.41) is 22.0. The number of ether oxygens (including phenoxy) is 2. The Morgan fingerprint density at radius 3 is 2.55 bits per heavy atom. The quantitative estimate of drug-likeness (QED) is 0.488. The number of nitrogens with two attached hydrogens (primary N) is 1. The molecule has 0 unspecified atom stereocenters. The normalized spacial score (nSPS) is 10.3. The first-order valence-corrected chi connectivity index (χ1v) is 5.93. The van der Waals surface area contributed by atoms with E-state index in [-0.39, 0.29) is 24.1 Å². The molecule has 1 aromatic carbocycles. The van der Waals surface area contributed by atoms with E-state index >= 15 is 0 Å². The summed E-state index contributed by atoms with van der Waals surface area (Å²) >= 11 is 0. The SMILES string of the molecule is COc1ccc(C(=N)N)cc1/C=C/CC(=N)OC(C)=N. The first kappa shape index (κ1) is 15.4. The van der Waals surface area contributed by atoms with Gasteiger partial charge in [0.25, 0.3) is 0 Å². The molecule has 1 aromatic rings. The van der Waals surface area contributed by atoms with Crippen molar-refractivity contribution in [2.75, 3.05) is 7.11 Å². The van der Waals surface area contributed by atoms with Crippen molar-refractivity contribution in [3.63, 3.8) is 0 Å². The van der Waals surface area contributed by atoms with E-state index in [1.807, 2.05) is 0 Å². The Kier molecular flexibility index (Phi) is 5.46. The van der Waals surface area contributed by atoms with Crippen molar-refractivity contribution in [1.29, 1.82) is 16.2 Å². The highest BCUT2D eigenvalue weighted by atomic mass is 16.5. The van der Waals surface area contributed by atoms with E-state index in [1.54, 1.807) is 37.5 Å². The second-order valence-electron chi connectivity index (χ2n) is 4.06. The van der Waals surface area contributed by atoms with Crippen LogP contribution < -0.4 is 10.5 Å². The van der Waals surface area contributed by atoms with Crippen molar-refractivity contribution in [2.24, 2.45) is 5.73 Å². The molecule has 0 fully saturated rings. The lowest BCUT2D eigenvalue weighted by molar-refractivity contribution is 0.414. The van der Waals surface area contributed by atoms with Gasteiger partial charge in [-0.05, 0) is 18.2 Å². The third kappa shape index (κ3) is 4.56. The number of rotatable bonds is 5. The molecule has 0 aliphatic carbocycles. The summed E-state index contributed by atoms with van der Waals surface area (Å²) in [7, 11) is 1.56. The number of hydrogen-bond acceptors (Lipinski definition) is 5. The lowest BCUT2D eigenvalue weighted by Crippen LogP contribution is -2.11. The summed E-state index contributed by atoms with van der Waals surface area (Å²) in [5.41, 5.74) is 6.81. The molecule has 6 heteroatoms. The fourth-order valence-electron chi connectivity index (χ4n) is 1.55. The summed E-state index contributed by atoms with van der Waals surface area (Å²) in [6.45, 7) is 1.47. The molecule has 0 aromatic heterocycles. The van der Waals surface area contributed by atoms with E-state index in [4.69, 9.17) is 31.4 Å². The van der Waals surface area contributed by atoms with Crippen LogP contribution in [0.1, 0.15) is 24.5 Å². The summed E-state index contributed by atoms with van der Waals surface area (Å²) in [6, 6.07) is 5.19. The average molecular weight is 274 g/mol. The zero-order chi connectivity index (χ0) is 15.1. The summed E-state index contributed by atoms with van der Waals surface area (Å²) < 4.78 is 10.1. The summed E-state index contributed by atoms with van der Waals surface area (Å²) in [4.78, 5) is 0. The second-order valence-corrected chi connectivity index (χ2v) is 4.06. The monoisotopic (exact) mass is 274 g/mol. The van der Waals surface area contributed by atoms with Gasteiger partial charge in [0.15, 0.2) is 11.8 Å². The Balaban J connectivity index is 2.84. The molecule has 0 atom stereocenters. The molecular weight excluding hydrogens is 256 g/mol. The number of benzene rings is 1. The number of methoxy groups -OCH3 is 1. The molecule has 0 radical (unpaired) electrons. The van der Waals surface area contributed by atoms with Gasteiger partial charge in [-0.1, -0.05) is 12.2 Å². The van der Waals surface area contributed by atoms with Crippen molar-refractivity contribution in [2.45, 2.75) is 13.3 Å². The predicted octanol–water partition coefficient (Wildman–Crippen LogP) is 2.37. The maximum absolute atomic E-state index is 7.49. The highest BCUT2D eigenvalue weighted by Gasteiger charge is 2.04. The Morgan fingerprint density at radius 2 is 2.00 bits per heavy atom. The number of nitrogens with one attached hydrogen (secondary N) is 3. The van der Waals surface area contributed by atoms with Crippen LogP contribution in [-0.4, -0.2) is 24.7 Å². The van der Waals surface area contributed by atoms with E-state index in [2.05, 4.69) is 0 Å². The molecule has 1 rings (SSSR count). The zero-order valence-electron chi connectivity index (χ0n) is 11.5. The fourth-order valence-corrected chi connectivity index (χ4v) is 1.55. The third-order valence-corrected chi connectivity index (χ3v) is 2.42. The smallest absolute Gasteiger partial charge is 0.192 e. The topological polar surface area (TPSA) is 116 Å². The molecule has 0 spiro atoms. The Labute approximate surface area is 117 Å². The van der Waals surface area contributed by atoms with E-state index in [9.17, 15) is 0 Å². The highest BCUT2D eigenvalue weighted by molar-refractivity contribution is 5.95. The minimum atomic E-state index is -0.0159. The van der Waals surface area contributed by atoms with Crippen molar-refractivity contribution in [3.8, 4) is 5.75 Å². The maximum Gasteiger partial charge on any atom is 0.192 e. The minimum absolute atomic E-state index is 0.00422. The van der Waals surface area contributed by atoms with E-state index in [0.29, 0.717) is 11.3 Å². The van der Waals surface area contributed by atoms with Gasteiger partial charge in [0, 0.05) is 24.5 Å². The molecule has 5 N–H and O–H groups in total. The van der Waals surface area contributed by atoms with Crippen LogP contribution in [0.4, 0.5) is 0 Å². The number of amidine groups is 1. The highest BCUT2D eigenvalue weighted by Crippen LogP contribution is 2.21. The minimum Gasteiger partial charge on any atom is -0.496 e. The molecular formula is C14H18N4O2. The van der Waals surface area contributed by atoms with Crippen molar-refractivity contribution >= 4 is 23.7 Å². The van der Waals surface area contributed by atoms with Gasteiger partial charge in [-0.15, -0.1) is 0 Å². The van der Waals surface area contributed by atoms with Gasteiger partial charge in [0.05, 0.1) is 7.11 Å². The van der Waals surface area contributed by atoms with E-state index in [0.717, 1.165) is 5.56 Å². The van der Waals surface area contributed by atoms with Gasteiger partial charge in [0.1, 0.15) is 11.6 Å². The number of nitrogen functional groups attached to an aromatic ring is 1. The maximum atomic E-state index is 7.49. The van der Waals surface area contributed by atoms with Gasteiger partial charge in [-0.2, -0.15) is 0 Å². The van der Waals surface area contributed by atoms with Crippen LogP contribution in [0.3, 0.4) is 0 Å². The molecule has 6 nitrogen and oxygen atoms in total. The van der Waals surface area contributed by atoms with Crippen molar-refractivity contribution < 1.29 is 9.47 Å². The van der Waals surface area contributed by atoms with Crippen LogP contribution in [0, 0.1) is 16.2 Å². The van der Waals surface area contributed by atoms with Gasteiger partial charge >= 0.3 is 0 Å². The van der Waals surface area contributed by atoms with Crippen LogP contribution >= 0.6 is 0 Å². The lowest BCUT2D eigenvalue weighted by atomic mass is 10.1. The molecule has 20 heavy (non-hydrogen) atoms. The van der Waals surface area contributed by atoms with Crippen LogP contribution in [0.15, 0.2) is 24.3 Å². The Hall–Kier alpha value is -2.63. The van der Waals surface area contributed by atoms with Crippen LogP contribution in [0.25, 0.3) is 6.08 Å². The van der Waals surface area contributed by atoms with Crippen LogP contribution in [-0.2, 0) is 4.74 Å². The molecule has 0 aliphatic rings. The van der Waals surface area contributed by atoms with E-state index in [1.165, 1.54) is 6.92 Å². The first-order chi connectivity index (χ1) is 9.43. The lowest BCUT2D eigenvalue weighted by Gasteiger charge is -2.07. The van der Waals surface area contributed by atoms with Crippen molar-refractivity contribution in [1.82, 2.24) is 0 Å². The first-order valence-electron chi connectivity index (χ1n) is 5.93. The molecule has 0 heterocycles. The molecule has 0 saturated carbocycles. The largest absolute Gasteiger partial charge is 0.496 e. The summed E-state index contributed by atoms with van der Waals surface area (Å²) in [5.74, 6) is 0.620. The fraction of sp³-hybridized carbons (Fsp3) is 0.214. The number of hydrogen-bond donors (Lipinski definition) is 4. The molecule has 0 saturated heterocycles. The third-order valence-electron chi connectivity index (χ3n) is 2.42. The summed E-state index contributed by atoms with van der Waals surface area (Å²) in [6.07, 6.45) is 3.76. The standard InChI is InChI=1S/C14H18N4O2/c1-9(15)20-13(16)5-3-4-10-8-11(14(17)18)6-7-12(10)19-2/h3-4,6-8,15-16H,5H2,1-2H3,(H3,17,18)/b4-3+,15-9?,16-13?. The van der Waals surface area contributed by atoms with Crippen molar-refractivity contribution in [3.05, 3.63) is 35.4 Å². The van der Waals surface area contributed by atoms with Crippen LogP contribution in [0.5, 0.6) is 5.75 Å². The van der Waals surface area contributed by atoms with Gasteiger partial charge in [0.2, 0.25) is 0 Å². The zero-order valence-corrected chi connectivity index (χ0v) is 11.5. The predicted molar refractivity (Wildman–Crippen MR) is 79.9 cm³/mol. The van der Waals surface area contributed by atoms with Gasteiger partial charge in [-0.25, -0.2) is 0 Å². The average Bonchev–Trinajstić information content (AvgIpc) is 2.37. The molecule has 0 bridgehead atoms. The molecule has 106 valence electrons. The van der Waals surface area contributed by atoms with E-state index < -0.39 is 0 Å². The van der Waals surface area contributed by atoms with Crippen LogP contribution in [0.2, 0.25) is 0 Å². The Morgan fingerprint density at radius 1 is 1.30 bits per heavy atom. The van der Waals surface area contributed by atoms with Gasteiger partial charge < -0.3 is 15.2 Å². The molecule has 0 amide bonds. The van der Waals surface area contributed by atoms with Gasteiger partial charge in [-0.3, -0.25) is 16.2 Å². The second kappa shape index (κ2) is 7.08.